The third-order valence-corrected chi connectivity index (χ3v) is 4.45. The molecule has 1 fully saturated rings. The predicted octanol–water partition coefficient (Wildman–Crippen LogP) is 3.11. The van der Waals surface area contributed by atoms with Crippen LogP contribution in [0.25, 0.3) is 0 Å². The van der Waals surface area contributed by atoms with Crippen molar-refractivity contribution in [1.29, 1.82) is 0 Å². The van der Waals surface area contributed by atoms with Crippen LogP contribution in [-0.2, 0) is 4.79 Å². The van der Waals surface area contributed by atoms with Gasteiger partial charge in [0.25, 0.3) is 5.91 Å². The molecule has 0 radical (unpaired) electrons. The van der Waals surface area contributed by atoms with E-state index in [1.54, 1.807) is 0 Å². The van der Waals surface area contributed by atoms with Crippen molar-refractivity contribution < 1.29 is 9.53 Å². The Morgan fingerprint density at radius 1 is 0.958 bits per heavy atom. The summed E-state index contributed by atoms with van der Waals surface area (Å²) in [5.74, 6) is 0.792. The molecule has 2 aromatic rings. The zero-order valence-corrected chi connectivity index (χ0v) is 14.3. The lowest BCUT2D eigenvalue weighted by Gasteiger charge is -2.37. The van der Waals surface area contributed by atoms with Crippen molar-refractivity contribution in [2.45, 2.75) is 20.0 Å². The number of anilines is 1. The predicted molar refractivity (Wildman–Crippen MR) is 96.5 cm³/mol. The highest BCUT2D eigenvalue weighted by Crippen LogP contribution is 2.21. The first kappa shape index (κ1) is 16.4. The highest BCUT2D eigenvalue weighted by atomic mass is 16.5. The molecule has 3 rings (SSSR count). The molecule has 126 valence electrons. The summed E-state index contributed by atoms with van der Waals surface area (Å²) in [4.78, 5) is 16.8. The first-order valence-electron chi connectivity index (χ1n) is 8.46. The number of carbonyl (C=O) groups is 1. The van der Waals surface area contributed by atoms with E-state index in [2.05, 4.69) is 36.1 Å². The fourth-order valence-electron chi connectivity index (χ4n) is 3.10. The molecular formula is C20H24N2O2. The van der Waals surface area contributed by atoms with Crippen LogP contribution in [0.4, 0.5) is 5.69 Å². The number of hydrogen-bond donors (Lipinski definition) is 0. The van der Waals surface area contributed by atoms with Crippen molar-refractivity contribution >= 4 is 11.6 Å². The molecule has 1 atom stereocenters. The maximum Gasteiger partial charge on any atom is 0.263 e. The average molecular weight is 324 g/mol. The Bertz CT molecular complexity index is 679. The Kier molecular flexibility index (Phi) is 5.04. The van der Waals surface area contributed by atoms with Crippen LogP contribution >= 0.6 is 0 Å². The molecule has 4 heteroatoms. The second-order valence-corrected chi connectivity index (χ2v) is 6.17. The highest BCUT2D eigenvalue weighted by Gasteiger charge is 2.26. The summed E-state index contributed by atoms with van der Waals surface area (Å²) in [6.45, 7) is 7.13. The number of piperazine rings is 1. The fourth-order valence-corrected chi connectivity index (χ4v) is 3.10. The molecule has 4 nitrogen and oxygen atoms in total. The summed E-state index contributed by atoms with van der Waals surface area (Å²) < 4.78 is 5.76. The third-order valence-electron chi connectivity index (χ3n) is 4.45. The first-order valence-corrected chi connectivity index (χ1v) is 8.46. The van der Waals surface area contributed by atoms with E-state index in [-0.39, 0.29) is 5.91 Å². The van der Waals surface area contributed by atoms with Gasteiger partial charge in [-0.15, -0.1) is 0 Å². The van der Waals surface area contributed by atoms with Crippen molar-refractivity contribution in [3.8, 4) is 5.75 Å². The van der Waals surface area contributed by atoms with Crippen LogP contribution in [0.3, 0.4) is 0 Å². The normalized spacial score (nSPS) is 15.9. The molecule has 0 N–H and O–H groups in total. The third kappa shape index (κ3) is 3.70. The Hall–Kier alpha value is -2.49. The van der Waals surface area contributed by atoms with Crippen molar-refractivity contribution in [2.75, 3.05) is 31.1 Å². The summed E-state index contributed by atoms with van der Waals surface area (Å²) in [6, 6.07) is 17.9. The van der Waals surface area contributed by atoms with E-state index >= 15 is 0 Å². The van der Waals surface area contributed by atoms with Crippen molar-refractivity contribution in [2.24, 2.45) is 0 Å². The molecule has 1 amide bonds. The van der Waals surface area contributed by atoms with E-state index in [4.69, 9.17) is 4.74 Å². The number of rotatable bonds is 4. The molecule has 24 heavy (non-hydrogen) atoms. The van der Waals surface area contributed by atoms with Gasteiger partial charge in [-0.05, 0) is 37.6 Å². The monoisotopic (exact) mass is 324 g/mol. The SMILES string of the molecule is Cc1ccccc1N1CCN(C(=O)C(C)Oc2ccccc2)CC1. The molecule has 0 spiro atoms. The second-order valence-electron chi connectivity index (χ2n) is 6.17. The number of nitrogens with zero attached hydrogens (tertiary/aromatic N) is 2. The van der Waals surface area contributed by atoms with E-state index in [1.165, 1.54) is 11.3 Å². The van der Waals surface area contributed by atoms with Gasteiger partial charge in [0.15, 0.2) is 6.10 Å². The molecule has 1 aliphatic heterocycles. The van der Waals surface area contributed by atoms with Crippen molar-refractivity contribution in [1.82, 2.24) is 4.90 Å². The van der Waals surface area contributed by atoms with Crippen LogP contribution in [0.15, 0.2) is 54.6 Å². The standard InChI is InChI=1S/C20H24N2O2/c1-16-8-6-7-11-19(16)21-12-14-22(15-13-21)20(23)17(2)24-18-9-4-3-5-10-18/h3-11,17H,12-15H2,1-2H3. The van der Waals surface area contributed by atoms with Crippen molar-refractivity contribution in [3.05, 3.63) is 60.2 Å². The van der Waals surface area contributed by atoms with Gasteiger partial charge in [-0.2, -0.15) is 0 Å². The van der Waals surface area contributed by atoms with Gasteiger partial charge in [0.2, 0.25) is 0 Å². The van der Waals surface area contributed by atoms with Gasteiger partial charge in [-0.3, -0.25) is 4.79 Å². The van der Waals surface area contributed by atoms with Gasteiger partial charge in [-0.1, -0.05) is 36.4 Å². The lowest BCUT2D eigenvalue weighted by Crippen LogP contribution is -2.52. The molecule has 0 bridgehead atoms. The number of carbonyl (C=O) groups excluding carboxylic acids is 1. The Morgan fingerprint density at radius 2 is 1.58 bits per heavy atom. The number of hydrogen-bond acceptors (Lipinski definition) is 3. The highest BCUT2D eigenvalue weighted by molar-refractivity contribution is 5.81. The minimum Gasteiger partial charge on any atom is -0.481 e. The van der Waals surface area contributed by atoms with E-state index in [0.29, 0.717) is 0 Å². The summed E-state index contributed by atoms with van der Waals surface area (Å²) in [5.41, 5.74) is 2.54. The lowest BCUT2D eigenvalue weighted by molar-refractivity contribution is -0.138. The van der Waals surface area contributed by atoms with Crippen LogP contribution in [0, 0.1) is 6.92 Å². The van der Waals surface area contributed by atoms with E-state index in [0.717, 1.165) is 31.9 Å². The van der Waals surface area contributed by atoms with Crippen LogP contribution < -0.4 is 9.64 Å². The Labute approximate surface area is 143 Å². The molecule has 1 aliphatic rings. The molecular weight excluding hydrogens is 300 g/mol. The molecule has 0 aromatic heterocycles. The lowest BCUT2D eigenvalue weighted by atomic mass is 10.1. The van der Waals surface area contributed by atoms with Gasteiger partial charge < -0.3 is 14.5 Å². The molecule has 0 aliphatic carbocycles. The van der Waals surface area contributed by atoms with Gasteiger partial charge in [-0.25, -0.2) is 0 Å². The van der Waals surface area contributed by atoms with Gasteiger partial charge >= 0.3 is 0 Å². The minimum atomic E-state index is -0.461. The van der Waals surface area contributed by atoms with E-state index in [9.17, 15) is 4.79 Å². The number of ether oxygens (including phenoxy) is 1. The summed E-state index contributed by atoms with van der Waals surface area (Å²) in [5, 5.41) is 0. The topological polar surface area (TPSA) is 32.8 Å². The zero-order valence-electron chi connectivity index (χ0n) is 14.3. The van der Waals surface area contributed by atoms with Crippen LogP contribution in [0.1, 0.15) is 12.5 Å². The molecule has 1 saturated heterocycles. The molecule has 0 saturated carbocycles. The zero-order chi connectivity index (χ0) is 16.9. The number of para-hydroxylation sites is 2. The molecule has 1 unspecified atom stereocenters. The van der Waals surface area contributed by atoms with Gasteiger partial charge in [0.05, 0.1) is 0 Å². The summed E-state index contributed by atoms with van der Waals surface area (Å²) >= 11 is 0. The van der Waals surface area contributed by atoms with E-state index in [1.807, 2.05) is 42.2 Å². The van der Waals surface area contributed by atoms with Gasteiger partial charge in [0, 0.05) is 31.9 Å². The van der Waals surface area contributed by atoms with Crippen LogP contribution in [0.5, 0.6) is 5.75 Å². The molecule has 1 heterocycles. The number of aryl methyl sites for hydroxylation is 1. The Balaban J connectivity index is 1.56. The quantitative estimate of drug-likeness (QED) is 0.866. The van der Waals surface area contributed by atoms with Crippen LogP contribution in [0.2, 0.25) is 0 Å². The number of amides is 1. The Morgan fingerprint density at radius 3 is 2.25 bits per heavy atom. The maximum absolute atomic E-state index is 12.6. The van der Waals surface area contributed by atoms with Crippen molar-refractivity contribution in [3.63, 3.8) is 0 Å². The summed E-state index contributed by atoms with van der Waals surface area (Å²) in [7, 11) is 0. The van der Waals surface area contributed by atoms with Crippen LogP contribution in [-0.4, -0.2) is 43.1 Å². The summed E-state index contributed by atoms with van der Waals surface area (Å²) in [6.07, 6.45) is -0.461. The minimum absolute atomic E-state index is 0.0586. The fraction of sp³-hybridized carbons (Fsp3) is 0.350. The first-order chi connectivity index (χ1) is 11.6. The van der Waals surface area contributed by atoms with E-state index < -0.39 is 6.10 Å². The number of benzene rings is 2. The maximum atomic E-state index is 12.6. The average Bonchev–Trinajstić information content (AvgIpc) is 2.62. The smallest absolute Gasteiger partial charge is 0.263 e. The molecule has 2 aromatic carbocycles. The largest absolute Gasteiger partial charge is 0.481 e. The van der Waals surface area contributed by atoms with Gasteiger partial charge in [0.1, 0.15) is 5.75 Å². The second kappa shape index (κ2) is 7.39.